The Morgan fingerprint density at radius 3 is 2.52 bits per heavy atom. The van der Waals surface area contributed by atoms with Crippen LogP contribution in [0.4, 0.5) is 11.4 Å². The van der Waals surface area contributed by atoms with Gasteiger partial charge in [0.25, 0.3) is 0 Å². The van der Waals surface area contributed by atoms with Crippen molar-refractivity contribution >= 4 is 11.4 Å². The molecule has 0 aliphatic heterocycles. The van der Waals surface area contributed by atoms with E-state index in [2.05, 4.69) is 26.6 Å². The van der Waals surface area contributed by atoms with Crippen LogP contribution in [0.25, 0.3) is 0 Å². The number of nitriles is 1. The van der Waals surface area contributed by atoms with Crippen molar-refractivity contribution in [3.63, 3.8) is 0 Å². The first-order valence-electron chi connectivity index (χ1n) is 8.20. The van der Waals surface area contributed by atoms with Crippen LogP contribution in [-0.2, 0) is 6.54 Å². The van der Waals surface area contributed by atoms with Crippen molar-refractivity contribution < 1.29 is 4.74 Å². The van der Waals surface area contributed by atoms with Gasteiger partial charge >= 0.3 is 0 Å². The molecule has 0 radical (unpaired) electrons. The molecule has 6 nitrogen and oxygen atoms in total. The lowest BCUT2D eigenvalue weighted by molar-refractivity contribution is 0.415. The molecule has 1 aromatic heterocycles. The van der Waals surface area contributed by atoms with E-state index in [-0.39, 0.29) is 0 Å². The standard InChI is InChI=1S/C19H25N5O/c1-14-12-23-18(13-22-15-5-7-16(25-4)8-6-15)17(11-20)19(14)21-9-10-24(2)3/h5-8,12,22H,9-10,13H2,1-4H3,(H,21,23). The van der Waals surface area contributed by atoms with Crippen LogP contribution in [0.15, 0.2) is 30.5 Å². The smallest absolute Gasteiger partial charge is 0.119 e. The molecule has 0 unspecified atom stereocenters. The van der Waals surface area contributed by atoms with Gasteiger partial charge in [-0.1, -0.05) is 0 Å². The van der Waals surface area contributed by atoms with Crippen LogP contribution in [0.2, 0.25) is 0 Å². The molecular formula is C19H25N5O. The third kappa shape index (κ3) is 5.10. The molecule has 0 spiro atoms. The van der Waals surface area contributed by atoms with Gasteiger partial charge in [-0.2, -0.15) is 5.26 Å². The van der Waals surface area contributed by atoms with Crippen molar-refractivity contribution in [2.24, 2.45) is 0 Å². The van der Waals surface area contributed by atoms with Crippen LogP contribution in [0.1, 0.15) is 16.8 Å². The average Bonchev–Trinajstić information content (AvgIpc) is 2.62. The number of pyridine rings is 1. The molecule has 25 heavy (non-hydrogen) atoms. The maximum Gasteiger partial charge on any atom is 0.119 e. The summed E-state index contributed by atoms with van der Waals surface area (Å²) in [6, 6.07) is 9.97. The van der Waals surface area contributed by atoms with Gasteiger partial charge in [-0.05, 0) is 50.8 Å². The van der Waals surface area contributed by atoms with E-state index in [4.69, 9.17) is 4.74 Å². The van der Waals surface area contributed by atoms with Crippen molar-refractivity contribution in [3.05, 3.63) is 47.3 Å². The summed E-state index contributed by atoms with van der Waals surface area (Å²) in [7, 11) is 5.69. The van der Waals surface area contributed by atoms with E-state index in [1.165, 1.54) is 0 Å². The Balaban J connectivity index is 2.12. The highest BCUT2D eigenvalue weighted by atomic mass is 16.5. The molecular weight excluding hydrogens is 314 g/mol. The quantitative estimate of drug-likeness (QED) is 0.770. The summed E-state index contributed by atoms with van der Waals surface area (Å²) < 4.78 is 5.16. The first-order chi connectivity index (χ1) is 12.0. The van der Waals surface area contributed by atoms with Crippen LogP contribution >= 0.6 is 0 Å². The van der Waals surface area contributed by atoms with Gasteiger partial charge in [0.15, 0.2) is 0 Å². The number of anilines is 2. The van der Waals surface area contributed by atoms with Gasteiger partial charge in [0.2, 0.25) is 0 Å². The molecule has 2 N–H and O–H groups in total. The molecule has 2 aromatic rings. The molecule has 0 bridgehead atoms. The zero-order valence-corrected chi connectivity index (χ0v) is 15.3. The van der Waals surface area contributed by atoms with Crippen LogP contribution in [0, 0.1) is 18.3 Å². The van der Waals surface area contributed by atoms with Crippen LogP contribution < -0.4 is 15.4 Å². The number of methoxy groups -OCH3 is 1. The Bertz CT molecular complexity index is 735. The molecule has 2 rings (SSSR count). The first kappa shape index (κ1) is 18.6. The molecule has 0 aliphatic carbocycles. The number of aromatic nitrogens is 1. The fourth-order valence-corrected chi connectivity index (χ4v) is 2.43. The van der Waals surface area contributed by atoms with Gasteiger partial charge < -0.3 is 20.3 Å². The number of rotatable bonds is 8. The van der Waals surface area contributed by atoms with Crippen LogP contribution in [0.5, 0.6) is 5.75 Å². The molecule has 0 aliphatic rings. The minimum Gasteiger partial charge on any atom is -0.497 e. The van der Waals surface area contributed by atoms with Crippen LogP contribution in [0.3, 0.4) is 0 Å². The number of ether oxygens (including phenoxy) is 1. The van der Waals surface area contributed by atoms with E-state index in [0.717, 1.165) is 41.5 Å². The van der Waals surface area contributed by atoms with Gasteiger partial charge in [-0.25, -0.2) is 0 Å². The molecule has 0 saturated carbocycles. The molecule has 0 fully saturated rings. The molecule has 0 atom stereocenters. The van der Waals surface area contributed by atoms with Crippen molar-refractivity contribution in [3.8, 4) is 11.8 Å². The lowest BCUT2D eigenvalue weighted by Crippen LogP contribution is -2.21. The zero-order chi connectivity index (χ0) is 18.2. The Kier molecular flexibility index (Phi) is 6.61. The predicted octanol–water partition coefficient (Wildman–Crippen LogP) is 2.86. The third-order valence-corrected chi connectivity index (χ3v) is 3.87. The lowest BCUT2D eigenvalue weighted by Gasteiger charge is -2.16. The van der Waals surface area contributed by atoms with Gasteiger partial charge in [0.1, 0.15) is 11.8 Å². The maximum absolute atomic E-state index is 9.61. The largest absolute Gasteiger partial charge is 0.497 e. The van der Waals surface area contributed by atoms with Crippen molar-refractivity contribution in [2.75, 3.05) is 44.9 Å². The van der Waals surface area contributed by atoms with Gasteiger partial charge in [0.05, 0.1) is 30.6 Å². The van der Waals surface area contributed by atoms with E-state index in [0.29, 0.717) is 12.1 Å². The Morgan fingerprint density at radius 1 is 1.20 bits per heavy atom. The first-order valence-corrected chi connectivity index (χ1v) is 8.20. The highest BCUT2D eigenvalue weighted by Crippen LogP contribution is 2.23. The minimum atomic E-state index is 0.484. The zero-order valence-electron chi connectivity index (χ0n) is 15.3. The average molecular weight is 339 g/mol. The van der Waals surface area contributed by atoms with Crippen molar-refractivity contribution in [2.45, 2.75) is 13.5 Å². The number of nitrogens with one attached hydrogen (secondary N) is 2. The minimum absolute atomic E-state index is 0.484. The maximum atomic E-state index is 9.61. The monoisotopic (exact) mass is 339 g/mol. The Labute approximate surface area is 149 Å². The number of nitrogens with zero attached hydrogens (tertiary/aromatic N) is 3. The van der Waals surface area contributed by atoms with Gasteiger partial charge in [0, 0.05) is 25.0 Å². The fraction of sp³-hybridized carbons (Fsp3) is 0.368. The highest BCUT2D eigenvalue weighted by molar-refractivity contribution is 5.64. The summed E-state index contributed by atoms with van der Waals surface area (Å²) >= 11 is 0. The highest BCUT2D eigenvalue weighted by Gasteiger charge is 2.12. The summed E-state index contributed by atoms with van der Waals surface area (Å²) in [5.74, 6) is 0.809. The predicted molar refractivity (Wildman–Crippen MR) is 101 cm³/mol. The number of likely N-dealkylation sites (N-methyl/N-ethyl adjacent to an activating group) is 1. The van der Waals surface area contributed by atoms with Crippen molar-refractivity contribution in [1.29, 1.82) is 5.26 Å². The SMILES string of the molecule is COc1ccc(NCc2ncc(C)c(NCCN(C)C)c2C#N)cc1. The Morgan fingerprint density at radius 2 is 1.92 bits per heavy atom. The van der Waals surface area contributed by atoms with E-state index in [9.17, 15) is 5.26 Å². The second-order valence-corrected chi connectivity index (χ2v) is 6.06. The summed E-state index contributed by atoms with van der Waals surface area (Å²) in [6.07, 6.45) is 1.81. The molecule has 6 heteroatoms. The summed E-state index contributed by atoms with van der Waals surface area (Å²) in [5, 5.41) is 16.3. The normalized spacial score (nSPS) is 10.4. The lowest BCUT2D eigenvalue weighted by atomic mass is 10.1. The Hall–Kier alpha value is -2.78. The number of aryl methyl sites for hydroxylation is 1. The molecule has 0 saturated heterocycles. The van der Waals surface area contributed by atoms with Crippen LogP contribution in [-0.4, -0.2) is 44.2 Å². The number of benzene rings is 1. The van der Waals surface area contributed by atoms with E-state index >= 15 is 0 Å². The van der Waals surface area contributed by atoms with E-state index in [1.807, 2.05) is 51.5 Å². The second kappa shape index (κ2) is 8.90. The molecule has 1 heterocycles. The number of hydrogen-bond donors (Lipinski definition) is 2. The topological polar surface area (TPSA) is 73.2 Å². The molecule has 1 aromatic carbocycles. The van der Waals surface area contributed by atoms with Gasteiger partial charge in [-0.3, -0.25) is 4.98 Å². The number of hydrogen-bond acceptors (Lipinski definition) is 6. The fourth-order valence-electron chi connectivity index (χ4n) is 2.43. The summed E-state index contributed by atoms with van der Waals surface area (Å²) in [4.78, 5) is 6.54. The summed E-state index contributed by atoms with van der Waals surface area (Å²) in [5.41, 5.74) is 4.12. The third-order valence-electron chi connectivity index (χ3n) is 3.87. The molecule has 132 valence electrons. The summed E-state index contributed by atoms with van der Waals surface area (Å²) in [6.45, 7) is 4.12. The van der Waals surface area contributed by atoms with Crippen molar-refractivity contribution in [1.82, 2.24) is 9.88 Å². The van der Waals surface area contributed by atoms with E-state index in [1.54, 1.807) is 7.11 Å². The van der Waals surface area contributed by atoms with Gasteiger partial charge in [-0.15, -0.1) is 0 Å². The molecule has 0 amide bonds. The van der Waals surface area contributed by atoms with E-state index < -0.39 is 0 Å². The second-order valence-electron chi connectivity index (χ2n) is 6.06.